The maximum absolute atomic E-state index is 12.4. The highest BCUT2D eigenvalue weighted by Crippen LogP contribution is 2.27. The summed E-state index contributed by atoms with van der Waals surface area (Å²) in [6.07, 6.45) is 0. The highest BCUT2D eigenvalue weighted by atomic mass is 35.5. The molecule has 0 heterocycles. The van der Waals surface area contributed by atoms with Crippen molar-refractivity contribution in [1.29, 1.82) is 0 Å². The van der Waals surface area contributed by atoms with Crippen LogP contribution in [0.5, 0.6) is 0 Å². The second kappa shape index (κ2) is 8.17. The minimum atomic E-state index is -0.270. The molecule has 0 radical (unpaired) electrons. The van der Waals surface area contributed by atoms with Crippen LogP contribution in [-0.2, 0) is 9.59 Å². The van der Waals surface area contributed by atoms with Crippen molar-refractivity contribution in [3.8, 4) is 0 Å². The van der Waals surface area contributed by atoms with Crippen LogP contribution in [-0.4, -0.2) is 18.4 Å². The van der Waals surface area contributed by atoms with Crippen LogP contribution >= 0.6 is 11.6 Å². The number of benzene rings is 2. The molecule has 0 fully saturated rings. The van der Waals surface area contributed by atoms with E-state index in [2.05, 4.69) is 19.2 Å². The van der Waals surface area contributed by atoms with E-state index in [1.54, 1.807) is 12.1 Å². The molecular weight excluding hydrogens is 336 g/mol. The number of carbonyl (C=O) groups excluding carboxylic acids is 2. The molecule has 0 spiro atoms. The van der Waals surface area contributed by atoms with Crippen molar-refractivity contribution in [3.63, 3.8) is 0 Å². The average Bonchev–Trinajstić information content (AvgIpc) is 2.55. The lowest BCUT2D eigenvalue weighted by Crippen LogP contribution is -2.37. The Morgan fingerprint density at radius 2 is 1.84 bits per heavy atom. The van der Waals surface area contributed by atoms with Gasteiger partial charge in [-0.2, -0.15) is 0 Å². The van der Waals surface area contributed by atoms with Gasteiger partial charge < -0.3 is 10.2 Å². The zero-order valence-corrected chi connectivity index (χ0v) is 15.7. The number of amides is 2. The Labute approximate surface area is 153 Å². The molecule has 132 valence electrons. The van der Waals surface area contributed by atoms with Gasteiger partial charge in [0.15, 0.2) is 0 Å². The van der Waals surface area contributed by atoms with E-state index in [0.717, 1.165) is 16.8 Å². The van der Waals surface area contributed by atoms with E-state index in [1.165, 1.54) is 11.8 Å². The molecule has 0 aromatic heterocycles. The van der Waals surface area contributed by atoms with Crippen molar-refractivity contribution in [1.82, 2.24) is 0 Å². The molecule has 0 aliphatic rings. The van der Waals surface area contributed by atoms with Gasteiger partial charge in [-0.15, -0.1) is 0 Å². The topological polar surface area (TPSA) is 49.4 Å². The Morgan fingerprint density at radius 1 is 1.16 bits per heavy atom. The number of para-hydroxylation sites is 1. The molecule has 2 aromatic rings. The zero-order valence-electron chi connectivity index (χ0n) is 15.0. The van der Waals surface area contributed by atoms with Crippen molar-refractivity contribution >= 4 is 34.8 Å². The van der Waals surface area contributed by atoms with Crippen LogP contribution in [0.3, 0.4) is 0 Å². The number of halogens is 1. The predicted octanol–water partition coefficient (Wildman–Crippen LogP) is 4.76. The minimum Gasteiger partial charge on any atom is -0.324 e. The second-order valence-electron chi connectivity index (χ2n) is 6.33. The van der Waals surface area contributed by atoms with Gasteiger partial charge in [-0.3, -0.25) is 9.59 Å². The van der Waals surface area contributed by atoms with Gasteiger partial charge >= 0.3 is 0 Å². The van der Waals surface area contributed by atoms with E-state index in [9.17, 15) is 9.59 Å². The van der Waals surface area contributed by atoms with Crippen LogP contribution in [0.1, 0.15) is 37.8 Å². The highest BCUT2D eigenvalue weighted by Gasteiger charge is 2.19. The van der Waals surface area contributed by atoms with Crippen LogP contribution in [0.15, 0.2) is 42.5 Å². The van der Waals surface area contributed by atoms with Crippen molar-refractivity contribution in [3.05, 3.63) is 58.6 Å². The fourth-order valence-corrected chi connectivity index (χ4v) is 2.78. The molecule has 0 unspecified atom stereocenters. The summed E-state index contributed by atoms with van der Waals surface area (Å²) in [6.45, 7) is 7.43. The van der Waals surface area contributed by atoms with E-state index < -0.39 is 0 Å². The summed E-state index contributed by atoms with van der Waals surface area (Å²) < 4.78 is 0. The summed E-state index contributed by atoms with van der Waals surface area (Å²) >= 11 is 6.09. The molecule has 0 saturated carbocycles. The summed E-state index contributed by atoms with van der Waals surface area (Å²) in [5, 5.41) is 3.39. The maximum atomic E-state index is 12.4. The van der Waals surface area contributed by atoms with Gasteiger partial charge in [0.2, 0.25) is 11.8 Å². The number of nitrogens with one attached hydrogen (secondary N) is 1. The molecule has 0 saturated heterocycles. The Bertz CT molecular complexity index is 787. The lowest BCUT2D eigenvalue weighted by molar-refractivity contribution is -0.120. The SMILES string of the molecule is CC(=O)N(CC(=O)Nc1ccc(C)c(Cl)c1)c1ccccc1C(C)C. The van der Waals surface area contributed by atoms with E-state index in [1.807, 2.05) is 37.3 Å². The molecule has 0 aliphatic carbocycles. The van der Waals surface area contributed by atoms with Gasteiger partial charge in [0, 0.05) is 23.3 Å². The first kappa shape index (κ1) is 19.0. The zero-order chi connectivity index (χ0) is 18.6. The molecule has 5 heteroatoms. The highest BCUT2D eigenvalue weighted by molar-refractivity contribution is 6.31. The number of anilines is 2. The predicted molar refractivity (Wildman–Crippen MR) is 103 cm³/mol. The first-order valence-electron chi connectivity index (χ1n) is 8.22. The number of rotatable bonds is 5. The van der Waals surface area contributed by atoms with Gasteiger partial charge in [-0.25, -0.2) is 0 Å². The lowest BCUT2D eigenvalue weighted by atomic mass is 10.0. The molecule has 0 atom stereocenters. The number of hydrogen-bond donors (Lipinski definition) is 1. The summed E-state index contributed by atoms with van der Waals surface area (Å²) in [6, 6.07) is 13.0. The number of hydrogen-bond acceptors (Lipinski definition) is 2. The summed E-state index contributed by atoms with van der Waals surface area (Å²) in [5.74, 6) is -0.198. The van der Waals surface area contributed by atoms with Crippen LogP contribution in [0.2, 0.25) is 5.02 Å². The van der Waals surface area contributed by atoms with E-state index in [4.69, 9.17) is 11.6 Å². The Hall–Kier alpha value is -2.33. The standard InChI is InChI=1S/C20H23ClN2O2/c1-13(2)17-7-5-6-8-19(17)23(15(4)24)12-20(25)22-16-10-9-14(3)18(21)11-16/h5-11,13H,12H2,1-4H3,(H,22,25). The smallest absolute Gasteiger partial charge is 0.244 e. The third kappa shape index (κ3) is 4.83. The summed E-state index contributed by atoms with van der Waals surface area (Å²) in [4.78, 5) is 26.1. The molecule has 1 N–H and O–H groups in total. The summed E-state index contributed by atoms with van der Waals surface area (Å²) in [7, 11) is 0. The second-order valence-corrected chi connectivity index (χ2v) is 6.74. The van der Waals surface area contributed by atoms with Crippen molar-refractivity contribution < 1.29 is 9.59 Å². The third-order valence-corrected chi connectivity index (χ3v) is 4.39. The third-order valence-electron chi connectivity index (χ3n) is 3.99. The monoisotopic (exact) mass is 358 g/mol. The van der Waals surface area contributed by atoms with Crippen LogP contribution < -0.4 is 10.2 Å². The van der Waals surface area contributed by atoms with Gasteiger partial charge in [0.1, 0.15) is 6.54 Å². The molecule has 4 nitrogen and oxygen atoms in total. The molecule has 25 heavy (non-hydrogen) atoms. The number of nitrogens with zero attached hydrogens (tertiary/aromatic N) is 1. The van der Waals surface area contributed by atoms with E-state index >= 15 is 0 Å². The fraction of sp³-hybridized carbons (Fsp3) is 0.300. The largest absolute Gasteiger partial charge is 0.324 e. The first-order valence-corrected chi connectivity index (χ1v) is 8.60. The molecule has 0 bridgehead atoms. The molecule has 2 rings (SSSR count). The van der Waals surface area contributed by atoms with Gasteiger partial charge in [-0.1, -0.05) is 49.7 Å². The fourth-order valence-electron chi connectivity index (χ4n) is 2.60. The van der Waals surface area contributed by atoms with Crippen LogP contribution in [0.4, 0.5) is 11.4 Å². The van der Waals surface area contributed by atoms with E-state index in [0.29, 0.717) is 10.7 Å². The van der Waals surface area contributed by atoms with Gasteiger partial charge in [0.05, 0.1) is 0 Å². The number of carbonyl (C=O) groups is 2. The van der Waals surface area contributed by atoms with Gasteiger partial charge in [-0.05, 0) is 42.2 Å². The van der Waals surface area contributed by atoms with Crippen LogP contribution in [0.25, 0.3) is 0 Å². The quantitative estimate of drug-likeness (QED) is 0.837. The maximum Gasteiger partial charge on any atom is 0.244 e. The number of aryl methyl sites for hydroxylation is 1. The van der Waals surface area contributed by atoms with Crippen molar-refractivity contribution in [2.24, 2.45) is 0 Å². The molecule has 2 amide bonds. The lowest BCUT2D eigenvalue weighted by Gasteiger charge is -2.25. The average molecular weight is 359 g/mol. The first-order chi connectivity index (χ1) is 11.8. The van der Waals surface area contributed by atoms with Gasteiger partial charge in [0.25, 0.3) is 0 Å². The van der Waals surface area contributed by atoms with E-state index in [-0.39, 0.29) is 24.3 Å². The molecule has 2 aromatic carbocycles. The minimum absolute atomic E-state index is 0.0510. The normalized spacial score (nSPS) is 10.6. The summed E-state index contributed by atoms with van der Waals surface area (Å²) in [5.41, 5.74) is 3.35. The van der Waals surface area contributed by atoms with Crippen molar-refractivity contribution in [2.75, 3.05) is 16.8 Å². The van der Waals surface area contributed by atoms with Crippen LogP contribution in [0, 0.1) is 6.92 Å². The molecule has 0 aliphatic heterocycles. The Morgan fingerprint density at radius 3 is 2.44 bits per heavy atom. The molecular formula is C20H23ClN2O2. The van der Waals surface area contributed by atoms with Crippen molar-refractivity contribution in [2.45, 2.75) is 33.6 Å². The Kier molecular flexibility index (Phi) is 6.21. The Balaban J connectivity index is 2.20.